The zero-order chi connectivity index (χ0) is 11.3. The molecular weight excluding hydrogens is 198 g/mol. The van der Waals surface area contributed by atoms with Gasteiger partial charge in [-0.15, -0.1) is 0 Å². The normalized spacial score (nSPS) is 44.1. The molecule has 3 heterocycles. The summed E-state index contributed by atoms with van der Waals surface area (Å²) in [5.41, 5.74) is 0.407. The van der Waals surface area contributed by atoms with Crippen LogP contribution in [0.3, 0.4) is 0 Å². The van der Waals surface area contributed by atoms with Crippen molar-refractivity contribution in [2.75, 3.05) is 39.8 Å². The van der Waals surface area contributed by atoms with E-state index in [4.69, 9.17) is 0 Å². The Labute approximate surface area is 99.2 Å². The number of nitrogens with zero attached hydrogens (tertiary/aromatic N) is 2. The van der Waals surface area contributed by atoms with Crippen molar-refractivity contribution in [3.63, 3.8) is 0 Å². The zero-order valence-corrected chi connectivity index (χ0v) is 10.9. The maximum absolute atomic E-state index is 3.56. The Balaban J connectivity index is 1.77. The second-order valence-electron chi connectivity index (χ2n) is 6.54. The first-order chi connectivity index (χ1) is 7.59. The molecule has 3 heteroatoms. The fourth-order valence-electron chi connectivity index (χ4n) is 4.24. The van der Waals surface area contributed by atoms with Crippen LogP contribution in [0.25, 0.3) is 0 Å². The van der Waals surface area contributed by atoms with Gasteiger partial charge in [-0.05, 0) is 52.2 Å². The van der Waals surface area contributed by atoms with Gasteiger partial charge in [-0.25, -0.2) is 0 Å². The third kappa shape index (κ3) is 1.52. The van der Waals surface area contributed by atoms with Crippen LogP contribution in [0.1, 0.15) is 20.3 Å². The Hall–Kier alpha value is -0.120. The molecule has 92 valence electrons. The quantitative estimate of drug-likeness (QED) is 0.703. The third-order valence-electron chi connectivity index (χ3n) is 5.23. The average Bonchev–Trinajstić information content (AvgIpc) is 2.85. The van der Waals surface area contributed by atoms with Gasteiger partial charge < -0.3 is 10.2 Å². The number of hydrogen-bond donors (Lipinski definition) is 1. The Bertz CT molecular complexity index is 276. The Morgan fingerprint density at radius 1 is 1.19 bits per heavy atom. The van der Waals surface area contributed by atoms with Crippen molar-refractivity contribution < 1.29 is 0 Å². The second-order valence-corrected chi connectivity index (χ2v) is 6.54. The van der Waals surface area contributed by atoms with Gasteiger partial charge >= 0.3 is 0 Å². The van der Waals surface area contributed by atoms with Crippen LogP contribution in [0.2, 0.25) is 0 Å². The van der Waals surface area contributed by atoms with Gasteiger partial charge in [-0.3, -0.25) is 4.90 Å². The van der Waals surface area contributed by atoms with E-state index < -0.39 is 0 Å². The predicted molar refractivity (Wildman–Crippen MR) is 66.5 cm³/mol. The molecule has 3 fully saturated rings. The summed E-state index contributed by atoms with van der Waals surface area (Å²) in [6.07, 6.45) is 1.37. The number of rotatable bonds is 1. The summed E-state index contributed by atoms with van der Waals surface area (Å²) in [5.74, 6) is 1.78. The van der Waals surface area contributed by atoms with Gasteiger partial charge in [0.15, 0.2) is 0 Å². The van der Waals surface area contributed by atoms with Crippen LogP contribution in [0.5, 0.6) is 0 Å². The highest BCUT2D eigenvalue weighted by Crippen LogP contribution is 2.42. The molecular formula is C13H25N3. The molecule has 3 atom stereocenters. The molecule has 0 amide bonds. The summed E-state index contributed by atoms with van der Waals surface area (Å²) in [6.45, 7) is 11.3. The van der Waals surface area contributed by atoms with E-state index >= 15 is 0 Å². The first kappa shape index (κ1) is 11.0. The second kappa shape index (κ2) is 3.69. The van der Waals surface area contributed by atoms with E-state index in [0.717, 1.165) is 17.9 Å². The lowest BCUT2D eigenvalue weighted by atomic mass is 9.84. The summed E-state index contributed by atoms with van der Waals surface area (Å²) in [7, 11) is 2.26. The number of hydrogen-bond acceptors (Lipinski definition) is 3. The summed E-state index contributed by atoms with van der Waals surface area (Å²) in [5, 5.41) is 3.56. The minimum Gasteiger partial charge on any atom is -0.316 e. The van der Waals surface area contributed by atoms with Gasteiger partial charge in [-0.2, -0.15) is 0 Å². The SMILES string of the molecule is CN1CCC(N2CC3CNCC3C2(C)C)C1. The smallest absolute Gasteiger partial charge is 0.0240 e. The van der Waals surface area contributed by atoms with Crippen molar-refractivity contribution in [3.8, 4) is 0 Å². The van der Waals surface area contributed by atoms with E-state index in [1.165, 1.54) is 39.1 Å². The third-order valence-corrected chi connectivity index (χ3v) is 5.23. The molecule has 1 N–H and O–H groups in total. The van der Waals surface area contributed by atoms with Crippen LogP contribution in [0, 0.1) is 11.8 Å². The van der Waals surface area contributed by atoms with Crippen LogP contribution in [0.4, 0.5) is 0 Å². The van der Waals surface area contributed by atoms with Gasteiger partial charge in [-0.1, -0.05) is 0 Å². The highest BCUT2D eigenvalue weighted by Gasteiger charge is 2.51. The Morgan fingerprint density at radius 2 is 2.00 bits per heavy atom. The van der Waals surface area contributed by atoms with Gasteiger partial charge in [0.2, 0.25) is 0 Å². The van der Waals surface area contributed by atoms with E-state index in [2.05, 4.69) is 36.0 Å². The van der Waals surface area contributed by atoms with Gasteiger partial charge in [0.1, 0.15) is 0 Å². The molecule has 3 unspecified atom stereocenters. The van der Waals surface area contributed by atoms with E-state index in [1.807, 2.05) is 0 Å². The number of nitrogens with one attached hydrogen (secondary N) is 1. The van der Waals surface area contributed by atoms with Gasteiger partial charge in [0.25, 0.3) is 0 Å². The van der Waals surface area contributed by atoms with Crippen LogP contribution in [-0.2, 0) is 0 Å². The van der Waals surface area contributed by atoms with Crippen LogP contribution < -0.4 is 5.32 Å². The molecule has 0 aliphatic carbocycles. The highest BCUT2D eigenvalue weighted by molar-refractivity contribution is 5.07. The van der Waals surface area contributed by atoms with E-state index in [9.17, 15) is 0 Å². The molecule has 0 aromatic carbocycles. The van der Waals surface area contributed by atoms with Crippen molar-refractivity contribution in [1.29, 1.82) is 0 Å². The molecule has 3 saturated heterocycles. The maximum atomic E-state index is 3.56. The lowest BCUT2D eigenvalue weighted by Gasteiger charge is -2.39. The number of likely N-dealkylation sites (N-methyl/N-ethyl adjacent to an activating group) is 1. The molecule has 0 bridgehead atoms. The topological polar surface area (TPSA) is 18.5 Å². The molecule has 0 aromatic rings. The first-order valence-electron chi connectivity index (χ1n) is 6.75. The zero-order valence-electron chi connectivity index (χ0n) is 10.9. The van der Waals surface area contributed by atoms with Crippen molar-refractivity contribution in [1.82, 2.24) is 15.1 Å². The Morgan fingerprint density at radius 3 is 2.62 bits per heavy atom. The molecule has 3 nitrogen and oxygen atoms in total. The lowest BCUT2D eigenvalue weighted by Crippen LogP contribution is -2.50. The van der Waals surface area contributed by atoms with Crippen molar-refractivity contribution in [2.45, 2.75) is 31.8 Å². The molecule has 3 rings (SSSR count). The number of fused-ring (bicyclic) bond motifs is 1. The van der Waals surface area contributed by atoms with Crippen LogP contribution in [0.15, 0.2) is 0 Å². The molecule has 0 saturated carbocycles. The minimum absolute atomic E-state index is 0.407. The summed E-state index contributed by atoms with van der Waals surface area (Å²) < 4.78 is 0. The minimum atomic E-state index is 0.407. The monoisotopic (exact) mass is 223 g/mol. The predicted octanol–water partition coefficient (Wildman–Crippen LogP) is 0.620. The van der Waals surface area contributed by atoms with Crippen molar-refractivity contribution in [3.05, 3.63) is 0 Å². The number of likely N-dealkylation sites (tertiary alicyclic amines) is 2. The van der Waals surface area contributed by atoms with E-state index in [-0.39, 0.29) is 0 Å². The maximum Gasteiger partial charge on any atom is 0.0240 e. The fraction of sp³-hybridized carbons (Fsp3) is 1.00. The van der Waals surface area contributed by atoms with Crippen molar-refractivity contribution in [2.24, 2.45) is 11.8 Å². The summed E-state index contributed by atoms with van der Waals surface area (Å²) in [6, 6.07) is 0.811. The molecule has 0 spiro atoms. The lowest BCUT2D eigenvalue weighted by molar-refractivity contribution is 0.0928. The molecule has 0 radical (unpaired) electrons. The van der Waals surface area contributed by atoms with Crippen LogP contribution in [-0.4, -0.2) is 61.2 Å². The highest BCUT2D eigenvalue weighted by atomic mass is 15.3. The standard InChI is InChI=1S/C13H25N3/c1-13(2)12-7-14-6-10(12)8-16(13)11-4-5-15(3)9-11/h10-12,14H,4-9H2,1-3H3. The molecule has 16 heavy (non-hydrogen) atoms. The van der Waals surface area contributed by atoms with E-state index in [1.54, 1.807) is 0 Å². The molecule has 0 aromatic heterocycles. The Kier molecular flexibility index (Phi) is 2.54. The van der Waals surface area contributed by atoms with E-state index in [0.29, 0.717) is 5.54 Å². The average molecular weight is 223 g/mol. The van der Waals surface area contributed by atoms with Crippen molar-refractivity contribution >= 4 is 0 Å². The van der Waals surface area contributed by atoms with Crippen LogP contribution >= 0.6 is 0 Å². The van der Waals surface area contributed by atoms with Gasteiger partial charge in [0, 0.05) is 31.2 Å². The van der Waals surface area contributed by atoms with Gasteiger partial charge in [0.05, 0.1) is 0 Å². The summed E-state index contributed by atoms with van der Waals surface area (Å²) >= 11 is 0. The largest absolute Gasteiger partial charge is 0.316 e. The molecule has 3 aliphatic heterocycles. The fourth-order valence-corrected chi connectivity index (χ4v) is 4.24. The molecule has 3 aliphatic rings. The first-order valence-corrected chi connectivity index (χ1v) is 6.75. The summed E-state index contributed by atoms with van der Waals surface area (Å²) in [4.78, 5) is 5.29.